The van der Waals surface area contributed by atoms with Crippen molar-refractivity contribution in [3.8, 4) is 11.5 Å². The van der Waals surface area contributed by atoms with Crippen LogP contribution < -0.4 is 14.8 Å². The van der Waals surface area contributed by atoms with Crippen LogP contribution in [0.5, 0.6) is 11.5 Å². The SMILES string of the molecule is CCOc1ccccc1OCCCC(=O)N1CCCC(NC)C1. The van der Waals surface area contributed by atoms with Crippen LogP contribution in [0, 0.1) is 0 Å². The molecule has 1 fully saturated rings. The number of ether oxygens (including phenoxy) is 2. The van der Waals surface area contributed by atoms with Gasteiger partial charge in [-0.15, -0.1) is 0 Å². The predicted octanol–water partition coefficient (Wildman–Crippen LogP) is 2.45. The van der Waals surface area contributed by atoms with Gasteiger partial charge in [-0.05, 0) is 45.4 Å². The Hall–Kier alpha value is -1.75. The molecule has 1 aromatic carbocycles. The summed E-state index contributed by atoms with van der Waals surface area (Å²) in [5, 5.41) is 3.26. The largest absolute Gasteiger partial charge is 0.490 e. The number of nitrogens with zero attached hydrogens (tertiary/aromatic N) is 1. The number of likely N-dealkylation sites (N-methyl/N-ethyl adjacent to an activating group) is 1. The summed E-state index contributed by atoms with van der Waals surface area (Å²) in [6.45, 7) is 4.79. The Balaban J connectivity index is 1.72. The molecule has 1 aromatic rings. The maximum absolute atomic E-state index is 12.3. The Kier molecular flexibility index (Phi) is 7.20. The molecule has 0 aromatic heterocycles. The van der Waals surface area contributed by atoms with Gasteiger partial charge in [-0.25, -0.2) is 0 Å². The Morgan fingerprint density at radius 1 is 1.30 bits per heavy atom. The molecule has 5 heteroatoms. The normalized spacial score (nSPS) is 17.8. The first-order valence-electron chi connectivity index (χ1n) is 8.54. The van der Waals surface area contributed by atoms with Gasteiger partial charge < -0.3 is 19.7 Å². The van der Waals surface area contributed by atoms with Crippen LogP contribution in [-0.2, 0) is 4.79 Å². The number of likely N-dealkylation sites (tertiary alicyclic amines) is 1. The molecule has 1 saturated heterocycles. The number of benzene rings is 1. The van der Waals surface area contributed by atoms with E-state index in [0.29, 0.717) is 25.7 Å². The van der Waals surface area contributed by atoms with Crippen molar-refractivity contribution in [3.05, 3.63) is 24.3 Å². The summed E-state index contributed by atoms with van der Waals surface area (Å²) in [5.41, 5.74) is 0. The van der Waals surface area contributed by atoms with Gasteiger partial charge in [-0.3, -0.25) is 4.79 Å². The van der Waals surface area contributed by atoms with Gasteiger partial charge in [0.15, 0.2) is 11.5 Å². The first-order chi connectivity index (χ1) is 11.2. The number of hydrogen-bond acceptors (Lipinski definition) is 4. The number of hydrogen-bond donors (Lipinski definition) is 1. The highest BCUT2D eigenvalue weighted by atomic mass is 16.5. The third kappa shape index (κ3) is 5.43. The maximum atomic E-state index is 12.3. The van der Waals surface area contributed by atoms with Crippen molar-refractivity contribution >= 4 is 5.91 Å². The zero-order valence-corrected chi connectivity index (χ0v) is 14.2. The molecule has 5 nitrogen and oxygen atoms in total. The molecule has 1 aliphatic rings. The highest BCUT2D eigenvalue weighted by Gasteiger charge is 2.21. The standard InChI is InChI=1S/C18H28N2O3/c1-3-22-16-9-4-5-10-17(16)23-13-7-11-18(21)20-12-6-8-15(14-20)19-2/h4-5,9-10,15,19H,3,6-8,11-14H2,1-2H3. The number of piperidine rings is 1. The van der Waals surface area contributed by atoms with Gasteiger partial charge in [0.05, 0.1) is 13.2 Å². The van der Waals surface area contributed by atoms with Crippen molar-refractivity contribution < 1.29 is 14.3 Å². The summed E-state index contributed by atoms with van der Waals surface area (Å²) >= 11 is 0. The van der Waals surface area contributed by atoms with E-state index in [4.69, 9.17) is 9.47 Å². The molecule has 1 amide bonds. The van der Waals surface area contributed by atoms with Crippen LogP contribution >= 0.6 is 0 Å². The number of nitrogens with one attached hydrogen (secondary N) is 1. The molecule has 2 rings (SSSR count). The van der Waals surface area contributed by atoms with E-state index in [0.717, 1.165) is 43.9 Å². The van der Waals surface area contributed by atoms with E-state index in [1.165, 1.54) is 0 Å². The minimum Gasteiger partial charge on any atom is -0.490 e. The summed E-state index contributed by atoms with van der Waals surface area (Å²) < 4.78 is 11.3. The van der Waals surface area contributed by atoms with Gasteiger partial charge in [-0.2, -0.15) is 0 Å². The minimum absolute atomic E-state index is 0.228. The summed E-state index contributed by atoms with van der Waals surface area (Å²) in [4.78, 5) is 14.2. The highest BCUT2D eigenvalue weighted by molar-refractivity contribution is 5.76. The van der Waals surface area contributed by atoms with Crippen LogP contribution in [0.25, 0.3) is 0 Å². The molecule has 0 saturated carbocycles. The van der Waals surface area contributed by atoms with E-state index in [-0.39, 0.29) is 5.91 Å². The molecule has 128 valence electrons. The van der Waals surface area contributed by atoms with Gasteiger partial charge >= 0.3 is 0 Å². The lowest BCUT2D eigenvalue weighted by atomic mass is 10.1. The van der Waals surface area contributed by atoms with Crippen LogP contribution in [-0.4, -0.2) is 50.2 Å². The average molecular weight is 320 g/mol. The number of rotatable bonds is 8. The van der Waals surface area contributed by atoms with Crippen LogP contribution in [0.15, 0.2) is 24.3 Å². The van der Waals surface area contributed by atoms with Gasteiger partial charge in [0, 0.05) is 25.6 Å². The van der Waals surface area contributed by atoms with Crippen LogP contribution in [0.3, 0.4) is 0 Å². The smallest absolute Gasteiger partial charge is 0.222 e. The molecule has 1 unspecified atom stereocenters. The second-order valence-corrected chi connectivity index (χ2v) is 5.80. The quantitative estimate of drug-likeness (QED) is 0.748. The fourth-order valence-electron chi connectivity index (χ4n) is 2.85. The van der Waals surface area contributed by atoms with Gasteiger partial charge in [0.1, 0.15) is 0 Å². The zero-order chi connectivity index (χ0) is 16.5. The average Bonchev–Trinajstić information content (AvgIpc) is 2.60. The van der Waals surface area contributed by atoms with E-state index in [1.807, 2.05) is 43.1 Å². The fraction of sp³-hybridized carbons (Fsp3) is 0.611. The highest BCUT2D eigenvalue weighted by Crippen LogP contribution is 2.26. The summed E-state index contributed by atoms with van der Waals surface area (Å²) in [5.74, 6) is 1.73. The number of carbonyl (C=O) groups excluding carboxylic acids is 1. The molecular weight excluding hydrogens is 292 g/mol. The predicted molar refractivity (Wildman–Crippen MR) is 91.0 cm³/mol. The molecular formula is C18H28N2O3. The van der Waals surface area contributed by atoms with E-state index in [9.17, 15) is 4.79 Å². The lowest BCUT2D eigenvalue weighted by Crippen LogP contribution is -2.46. The monoisotopic (exact) mass is 320 g/mol. The summed E-state index contributed by atoms with van der Waals surface area (Å²) in [6, 6.07) is 8.08. The first-order valence-corrected chi connectivity index (χ1v) is 8.54. The third-order valence-corrected chi connectivity index (χ3v) is 4.12. The van der Waals surface area contributed by atoms with E-state index in [1.54, 1.807) is 0 Å². The molecule has 1 aliphatic heterocycles. The van der Waals surface area contributed by atoms with Crippen LogP contribution in [0.2, 0.25) is 0 Å². The Labute approximate surface area is 139 Å². The molecule has 0 aliphatic carbocycles. The minimum atomic E-state index is 0.228. The van der Waals surface area contributed by atoms with Crippen LogP contribution in [0.4, 0.5) is 0 Å². The van der Waals surface area contributed by atoms with Crippen molar-refractivity contribution in [2.45, 2.75) is 38.6 Å². The summed E-state index contributed by atoms with van der Waals surface area (Å²) in [7, 11) is 1.96. The maximum Gasteiger partial charge on any atom is 0.222 e. The molecule has 1 heterocycles. The topological polar surface area (TPSA) is 50.8 Å². The van der Waals surface area contributed by atoms with Gasteiger partial charge in [-0.1, -0.05) is 12.1 Å². The molecule has 23 heavy (non-hydrogen) atoms. The molecule has 1 atom stereocenters. The summed E-state index contributed by atoms with van der Waals surface area (Å²) in [6.07, 6.45) is 3.49. The van der Waals surface area contributed by atoms with Crippen molar-refractivity contribution in [2.24, 2.45) is 0 Å². The number of para-hydroxylation sites is 2. The third-order valence-electron chi connectivity index (χ3n) is 4.12. The van der Waals surface area contributed by atoms with Crippen molar-refractivity contribution in [1.29, 1.82) is 0 Å². The second-order valence-electron chi connectivity index (χ2n) is 5.80. The van der Waals surface area contributed by atoms with Gasteiger partial charge in [0.25, 0.3) is 0 Å². The van der Waals surface area contributed by atoms with E-state index < -0.39 is 0 Å². The Morgan fingerprint density at radius 2 is 2.04 bits per heavy atom. The van der Waals surface area contributed by atoms with E-state index in [2.05, 4.69) is 5.32 Å². The Morgan fingerprint density at radius 3 is 2.74 bits per heavy atom. The fourth-order valence-corrected chi connectivity index (χ4v) is 2.85. The van der Waals surface area contributed by atoms with Crippen molar-refractivity contribution in [1.82, 2.24) is 10.2 Å². The molecule has 0 spiro atoms. The van der Waals surface area contributed by atoms with Crippen LogP contribution in [0.1, 0.15) is 32.6 Å². The molecule has 0 bridgehead atoms. The zero-order valence-electron chi connectivity index (χ0n) is 14.2. The number of amides is 1. The molecule has 1 N–H and O–H groups in total. The second kappa shape index (κ2) is 9.40. The lowest BCUT2D eigenvalue weighted by Gasteiger charge is -2.32. The van der Waals surface area contributed by atoms with Crippen molar-refractivity contribution in [2.75, 3.05) is 33.4 Å². The lowest BCUT2D eigenvalue weighted by molar-refractivity contribution is -0.132. The number of carbonyl (C=O) groups is 1. The van der Waals surface area contributed by atoms with Gasteiger partial charge in [0.2, 0.25) is 5.91 Å². The van der Waals surface area contributed by atoms with Crippen molar-refractivity contribution in [3.63, 3.8) is 0 Å². The van der Waals surface area contributed by atoms with E-state index >= 15 is 0 Å². The molecule has 0 radical (unpaired) electrons. The first kappa shape index (κ1) is 17.6. The Bertz CT molecular complexity index is 493.